The number of methoxy groups -OCH3 is 1. The first-order valence-electron chi connectivity index (χ1n) is 14.2. The van der Waals surface area contributed by atoms with Crippen molar-refractivity contribution >= 4 is 23.2 Å². The molecule has 5 heterocycles. The van der Waals surface area contributed by atoms with Gasteiger partial charge < -0.3 is 29.9 Å². The van der Waals surface area contributed by atoms with Crippen LogP contribution in [-0.4, -0.2) is 107 Å². The highest BCUT2D eigenvalue weighted by Crippen LogP contribution is 2.33. The quantitative estimate of drug-likeness (QED) is 0.445. The fourth-order valence-electron chi connectivity index (χ4n) is 5.68. The molecular weight excluding hydrogens is 546 g/mol. The van der Waals surface area contributed by atoms with Crippen molar-refractivity contribution in [3.63, 3.8) is 0 Å². The largest absolute Gasteiger partial charge is 0.494 e. The van der Waals surface area contributed by atoms with Crippen molar-refractivity contribution in [2.45, 2.75) is 37.3 Å². The lowest BCUT2D eigenvalue weighted by molar-refractivity contribution is 0.122. The number of anilines is 1. The van der Waals surface area contributed by atoms with Crippen LogP contribution >= 0.6 is 0 Å². The van der Waals surface area contributed by atoms with Crippen LogP contribution in [0.1, 0.15) is 37.3 Å². The second kappa shape index (κ2) is 11.5. The number of aromatic nitrogens is 5. The maximum absolute atomic E-state index is 14.4. The van der Waals surface area contributed by atoms with E-state index in [4.69, 9.17) is 25.2 Å². The average Bonchev–Trinajstić information content (AvgIpc) is 3.42. The number of alkyl halides is 2. The van der Waals surface area contributed by atoms with E-state index in [2.05, 4.69) is 38.8 Å². The Morgan fingerprint density at radius 2 is 1.81 bits per heavy atom. The number of morpholine rings is 1. The van der Waals surface area contributed by atoms with Gasteiger partial charge in [0.2, 0.25) is 11.9 Å². The molecule has 0 amide bonds. The summed E-state index contributed by atoms with van der Waals surface area (Å²) >= 11 is 0. The van der Waals surface area contributed by atoms with Crippen LogP contribution in [0.2, 0.25) is 0 Å². The van der Waals surface area contributed by atoms with Gasteiger partial charge >= 0.3 is 0 Å². The smallest absolute Gasteiger partial charge is 0.296 e. The summed E-state index contributed by atoms with van der Waals surface area (Å²) < 4.78 is 40.9. The van der Waals surface area contributed by atoms with Gasteiger partial charge in [0.1, 0.15) is 22.6 Å². The van der Waals surface area contributed by atoms with Gasteiger partial charge in [0.05, 0.1) is 25.8 Å². The monoisotopic (exact) mass is 582 g/mol. The van der Waals surface area contributed by atoms with Crippen molar-refractivity contribution in [2.75, 3.05) is 65.5 Å². The second-order valence-corrected chi connectivity index (χ2v) is 11.0. The molecule has 224 valence electrons. The van der Waals surface area contributed by atoms with Crippen LogP contribution in [0, 0.1) is 0 Å². The van der Waals surface area contributed by atoms with E-state index >= 15 is 0 Å². The highest BCUT2D eigenvalue weighted by atomic mass is 19.3. The molecule has 2 N–H and O–H groups in total. The number of rotatable bonds is 7. The van der Waals surface area contributed by atoms with Gasteiger partial charge in [-0.05, 0) is 57.6 Å². The number of likely N-dealkylation sites (tertiary alicyclic amines) is 1. The number of halogens is 2. The molecule has 6 rings (SSSR count). The van der Waals surface area contributed by atoms with Crippen LogP contribution in [0.3, 0.4) is 0 Å². The molecule has 1 atom stereocenters. The summed E-state index contributed by atoms with van der Waals surface area (Å²) in [5, 5.41) is 0. The number of piperidine rings is 1. The summed E-state index contributed by atoms with van der Waals surface area (Å²) in [6.07, 6.45) is 3.28. The topological polar surface area (TPSA) is 123 Å². The summed E-state index contributed by atoms with van der Waals surface area (Å²) in [4.78, 5) is 29.5. The third-order valence-corrected chi connectivity index (χ3v) is 8.26. The molecule has 3 aromatic rings. The van der Waals surface area contributed by atoms with Crippen LogP contribution in [-0.2, 0) is 10.3 Å². The summed E-state index contributed by atoms with van der Waals surface area (Å²) in [7, 11) is 5.67. The second-order valence-electron chi connectivity index (χ2n) is 11.0. The molecule has 0 spiro atoms. The van der Waals surface area contributed by atoms with Crippen molar-refractivity contribution in [3.8, 4) is 11.7 Å². The molecule has 1 aromatic carbocycles. The lowest BCUT2D eigenvalue weighted by atomic mass is 9.94. The van der Waals surface area contributed by atoms with Crippen molar-refractivity contribution in [1.82, 2.24) is 34.3 Å². The van der Waals surface area contributed by atoms with Gasteiger partial charge in [-0.15, -0.1) is 0 Å². The number of benzene rings is 1. The molecule has 0 bridgehead atoms. The first-order chi connectivity index (χ1) is 20.3. The van der Waals surface area contributed by atoms with Gasteiger partial charge in [0, 0.05) is 32.4 Å². The highest BCUT2D eigenvalue weighted by molar-refractivity contribution is 5.84. The van der Waals surface area contributed by atoms with Crippen molar-refractivity contribution in [3.05, 3.63) is 41.7 Å². The Bertz CT molecular complexity index is 1500. The van der Waals surface area contributed by atoms with Gasteiger partial charge in [0.15, 0.2) is 11.6 Å². The predicted molar refractivity (Wildman–Crippen MR) is 154 cm³/mol. The van der Waals surface area contributed by atoms with Gasteiger partial charge in [-0.25, -0.2) is 18.8 Å². The third kappa shape index (κ3) is 5.29. The summed E-state index contributed by atoms with van der Waals surface area (Å²) in [5.74, 6) is 1.30. The molecule has 2 aromatic heterocycles. The molecule has 2 saturated heterocycles. The Morgan fingerprint density at radius 3 is 2.48 bits per heavy atom. The molecule has 0 saturated carbocycles. The number of hydrogen-bond acceptors (Lipinski definition) is 11. The van der Waals surface area contributed by atoms with E-state index in [9.17, 15) is 8.78 Å². The summed E-state index contributed by atoms with van der Waals surface area (Å²) in [5.41, 5.74) is 6.41. The maximum Gasteiger partial charge on any atom is 0.296 e. The van der Waals surface area contributed by atoms with E-state index in [0.717, 1.165) is 31.8 Å². The molecule has 0 aliphatic carbocycles. The van der Waals surface area contributed by atoms with Crippen molar-refractivity contribution in [2.24, 2.45) is 10.7 Å². The number of hydrogen-bond donors (Lipinski definition) is 1. The third-order valence-electron chi connectivity index (χ3n) is 8.26. The van der Waals surface area contributed by atoms with E-state index < -0.39 is 17.8 Å². The molecule has 1 unspecified atom stereocenters. The maximum atomic E-state index is 14.4. The molecule has 2 fully saturated rings. The molecule has 12 nitrogen and oxygen atoms in total. The Morgan fingerprint density at radius 1 is 1.07 bits per heavy atom. The van der Waals surface area contributed by atoms with Crippen LogP contribution in [0.15, 0.2) is 35.1 Å². The Kier molecular flexibility index (Phi) is 7.77. The number of nitrogens with two attached hydrogens (primary N) is 1. The average molecular weight is 583 g/mol. The number of para-hydroxylation sites is 1. The Balaban J connectivity index is 1.41. The predicted octanol–water partition coefficient (Wildman–Crippen LogP) is 2.49. The minimum atomic E-state index is -2.89. The molecule has 3 aliphatic heterocycles. The number of fused-ring (bicyclic) bond motifs is 1. The van der Waals surface area contributed by atoms with E-state index in [0.29, 0.717) is 56.0 Å². The van der Waals surface area contributed by atoms with Crippen molar-refractivity contribution in [1.29, 1.82) is 0 Å². The SMILES string of the molecule is COc1cccc2c1nc(C(F)F)n2-c1nc(N2CCOCC2)nc(C2(N)C=NC(N(C)C3CCN(C)CC3)=CC2)n1. The Labute approximate surface area is 242 Å². The van der Waals surface area contributed by atoms with Gasteiger partial charge in [0.25, 0.3) is 6.43 Å². The van der Waals surface area contributed by atoms with E-state index in [1.54, 1.807) is 24.4 Å². The zero-order valence-corrected chi connectivity index (χ0v) is 24.1. The first-order valence-corrected chi connectivity index (χ1v) is 14.2. The molecule has 14 heteroatoms. The summed E-state index contributed by atoms with van der Waals surface area (Å²) in [6, 6.07) is 5.46. The number of aliphatic imine (C=N–C) groups is 1. The van der Waals surface area contributed by atoms with Gasteiger partial charge in [-0.3, -0.25) is 4.57 Å². The van der Waals surface area contributed by atoms with Crippen LogP contribution in [0.25, 0.3) is 17.0 Å². The number of imidazole rings is 1. The molecule has 42 heavy (non-hydrogen) atoms. The normalized spacial score (nSPS) is 22.2. The van der Waals surface area contributed by atoms with E-state index in [1.165, 1.54) is 11.7 Å². The lowest BCUT2D eigenvalue weighted by Gasteiger charge is -2.37. The van der Waals surface area contributed by atoms with Crippen LogP contribution in [0.5, 0.6) is 5.75 Å². The van der Waals surface area contributed by atoms with E-state index in [-0.39, 0.29) is 17.3 Å². The first kappa shape index (κ1) is 28.4. The van der Waals surface area contributed by atoms with Gasteiger partial charge in [-0.1, -0.05) is 6.07 Å². The summed E-state index contributed by atoms with van der Waals surface area (Å²) in [6.45, 7) is 4.16. The lowest BCUT2D eigenvalue weighted by Crippen LogP contribution is -2.45. The zero-order valence-electron chi connectivity index (χ0n) is 24.1. The zero-order chi connectivity index (χ0) is 29.4. The fraction of sp³-hybridized carbons (Fsp3) is 0.536. The molecule has 3 aliphatic rings. The molecule has 0 radical (unpaired) electrons. The minimum absolute atomic E-state index is 0.00369. The van der Waals surface area contributed by atoms with Crippen LogP contribution < -0.4 is 15.4 Å². The number of ether oxygens (including phenoxy) is 2. The minimum Gasteiger partial charge on any atom is -0.494 e. The van der Waals surface area contributed by atoms with Crippen LogP contribution in [0.4, 0.5) is 14.7 Å². The van der Waals surface area contributed by atoms with Gasteiger partial charge in [-0.2, -0.15) is 15.0 Å². The highest BCUT2D eigenvalue weighted by Gasteiger charge is 2.35. The van der Waals surface area contributed by atoms with Crippen molar-refractivity contribution < 1.29 is 18.3 Å². The Hall–Kier alpha value is -3.75. The molecular formula is C28H36F2N10O2. The number of nitrogens with zero attached hydrogens (tertiary/aromatic N) is 9. The van der Waals surface area contributed by atoms with E-state index in [1.807, 2.05) is 11.0 Å². The standard InChI is InChI=1S/C28H36F2N10O2/c1-37-11-8-18(9-12-37)38(2)21-7-10-28(31,17-32-21)25-34-26(39-13-15-42-16-14-39)36-27(35-25)40-19-5-4-6-20(41-3)22(19)33-24(40)23(29)30/h4-7,17-18,23H,8-16,31H2,1-3H3. The fourth-order valence-corrected chi connectivity index (χ4v) is 5.68.